The molecule has 4 nitrogen and oxygen atoms in total. The molecule has 1 atom stereocenters. The van der Waals surface area contributed by atoms with E-state index in [-0.39, 0.29) is 11.6 Å². The second-order valence-corrected chi connectivity index (χ2v) is 10.2. The summed E-state index contributed by atoms with van der Waals surface area (Å²) in [6.45, 7) is 2.06. The van der Waals surface area contributed by atoms with E-state index in [1.165, 1.54) is 28.0 Å². The number of aryl methyl sites for hydroxylation is 2. The van der Waals surface area contributed by atoms with Gasteiger partial charge in [0, 0.05) is 27.7 Å². The van der Waals surface area contributed by atoms with Crippen molar-refractivity contribution in [1.29, 1.82) is 0 Å². The number of nitrogens with one attached hydrogen (secondary N) is 1. The molecular formula is C30H23N3OS. The van der Waals surface area contributed by atoms with Gasteiger partial charge in [0.1, 0.15) is 0 Å². The molecule has 5 heteroatoms. The van der Waals surface area contributed by atoms with E-state index in [0.29, 0.717) is 4.53 Å². The summed E-state index contributed by atoms with van der Waals surface area (Å²) in [5.74, 6) is 0. The topological polar surface area (TPSA) is 50.1 Å². The van der Waals surface area contributed by atoms with Crippen LogP contribution >= 0.6 is 11.3 Å². The summed E-state index contributed by atoms with van der Waals surface area (Å²) in [5, 5.41) is 1.13. The Morgan fingerprint density at radius 2 is 1.74 bits per heavy atom. The number of aromatic amines is 1. The molecule has 0 bridgehead atoms. The fourth-order valence-corrected chi connectivity index (χ4v) is 6.56. The van der Waals surface area contributed by atoms with E-state index in [1.54, 1.807) is 0 Å². The lowest BCUT2D eigenvalue weighted by Gasteiger charge is -2.30. The Hall–Kier alpha value is -3.96. The SMILES string of the molecule is Cc1[nH]c2ccccc2c1/C=c1\sc2n(c1=O)[C@H](c1ccccc1)C1=C(N=2)c2ccccc2CC1. The molecule has 3 heterocycles. The second-order valence-electron chi connectivity index (χ2n) is 9.23. The molecular weight excluding hydrogens is 450 g/mol. The zero-order valence-electron chi connectivity index (χ0n) is 19.3. The Labute approximate surface area is 206 Å². The third kappa shape index (κ3) is 3.12. The largest absolute Gasteiger partial charge is 0.358 e. The third-order valence-electron chi connectivity index (χ3n) is 7.21. The summed E-state index contributed by atoms with van der Waals surface area (Å²) < 4.78 is 2.63. The number of H-pyrrole nitrogens is 1. The van der Waals surface area contributed by atoms with E-state index in [2.05, 4.69) is 72.6 Å². The monoisotopic (exact) mass is 473 g/mol. The van der Waals surface area contributed by atoms with Crippen LogP contribution in [0.3, 0.4) is 0 Å². The predicted molar refractivity (Wildman–Crippen MR) is 142 cm³/mol. The maximum atomic E-state index is 13.9. The number of benzene rings is 3. The van der Waals surface area contributed by atoms with Crippen molar-refractivity contribution >= 4 is 34.0 Å². The van der Waals surface area contributed by atoms with Crippen molar-refractivity contribution in [2.45, 2.75) is 25.8 Å². The summed E-state index contributed by atoms with van der Waals surface area (Å²) in [6.07, 6.45) is 3.91. The molecule has 2 aliphatic rings. The molecule has 3 aromatic carbocycles. The molecule has 2 aromatic heterocycles. The normalized spacial score (nSPS) is 17.2. The van der Waals surface area contributed by atoms with Gasteiger partial charge in [-0.3, -0.25) is 9.36 Å². The molecule has 0 fully saturated rings. The molecule has 0 radical (unpaired) electrons. The summed E-state index contributed by atoms with van der Waals surface area (Å²) in [6, 6.07) is 27.0. The number of thiazole rings is 1. The van der Waals surface area contributed by atoms with Crippen molar-refractivity contribution in [3.05, 3.63) is 132 Å². The first-order chi connectivity index (χ1) is 17.2. The lowest BCUT2D eigenvalue weighted by Crippen LogP contribution is -2.38. The number of aromatic nitrogens is 2. The van der Waals surface area contributed by atoms with Gasteiger partial charge < -0.3 is 4.98 Å². The van der Waals surface area contributed by atoms with Gasteiger partial charge >= 0.3 is 0 Å². The van der Waals surface area contributed by atoms with Gasteiger partial charge in [-0.05, 0) is 48.6 Å². The summed E-state index contributed by atoms with van der Waals surface area (Å²) in [7, 11) is 0. The highest BCUT2D eigenvalue weighted by Gasteiger charge is 2.32. The summed E-state index contributed by atoms with van der Waals surface area (Å²) in [5.41, 5.74) is 9.16. The zero-order chi connectivity index (χ0) is 23.5. The van der Waals surface area contributed by atoms with E-state index in [9.17, 15) is 4.79 Å². The number of hydrogen-bond acceptors (Lipinski definition) is 3. The van der Waals surface area contributed by atoms with Crippen LogP contribution in [0.5, 0.6) is 0 Å². The third-order valence-corrected chi connectivity index (χ3v) is 8.19. The molecule has 5 aromatic rings. The minimum atomic E-state index is -0.137. The van der Waals surface area contributed by atoms with Crippen LogP contribution in [-0.2, 0) is 6.42 Å². The number of fused-ring (bicyclic) bond motifs is 4. The first-order valence-corrected chi connectivity index (χ1v) is 12.8. The van der Waals surface area contributed by atoms with Crippen LogP contribution in [-0.4, -0.2) is 9.55 Å². The standard InChI is InChI=1S/C30H23N3OS/c1-18-24(22-13-7-8-14-25(22)31-18)17-26-29(34)33-28(20-10-3-2-4-11-20)23-16-15-19-9-5-6-12-21(19)27(23)32-30(33)35-26/h2-14,17,28,31H,15-16H2,1H3/b26-17-/t28-/m1/s1. The summed E-state index contributed by atoms with van der Waals surface area (Å²) in [4.78, 5) is 23.3. The number of allylic oxidation sites excluding steroid dienone is 1. The highest BCUT2D eigenvalue weighted by Crippen LogP contribution is 2.41. The lowest BCUT2D eigenvalue weighted by atomic mass is 9.83. The van der Waals surface area contributed by atoms with Crippen LogP contribution in [0.4, 0.5) is 0 Å². The Balaban J connectivity index is 1.51. The van der Waals surface area contributed by atoms with E-state index in [1.807, 2.05) is 28.8 Å². The Morgan fingerprint density at radius 3 is 2.63 bits per heavy atom. The highest BCUT2D eigenvalue weighted by atomic mass is 32.1. The summed E-state index contributed by atoms with van der Waals surface area (Å²) >= 11 is 1.49. The van der Waals surface area contributed by atoms with Crippen LogP contribution in [0.2, 0.25) is 0 Å². The second kappa shape index (κ2) is 7.79. The van der Waals surface area contributed by atoms with Gasteiger partial charge in [0.05, 0.1) is 16.3 Å². The average Bonchev–Trinajstić information content (AvgIpc) is 3.38. The molecule has 7 rings (SSSR count). The molecule has 1 aliphatic carbocycles. The molecule has 35 heavy (non-hydrogen) atoms. The van der Waals surface area contributed by atoms with Crippen molar-refractivity contribution < 1.29 is 0 Å². The fourth-order valence-electron chi connectivity index (χ4n) is 5.57. The number of para-hydroxylation sites is 1. The zero-order valence-corrected chi connectivity index (χ0v) is 20.1. The van der Waals surface area contributed by atoms with Gasteiger partial charge in [0.2, 0.25) is 0 Å². The fraction of sp³-hybridized carbons (Fsp3) is 0.133. The molecule has 170 valence electrons. The van der Waals surface area contributed by atoms with Crippen LogP contribution in [0, 0.1) is 6.92 Å². The van der Waals surface area contributed by atoms with E-state index >= 15 is 0 Å². The van der Waals surface area contributed by atoms with Gasteiger partial charge in [-0.1, -0.05) is 84.1 Å². The van der Waals surface area contributed by atoms with Crippen LogP contribution in [0.15, 0.2) is 94.2 Å². The maximum absolute atomic E-state index is 13.9. The van der Waals surface area contributed by atoms with Crippen molar-refractivity contribution in [3.63, 3.8) is 0 Å². The van der Waals surface area contributed by atoms with E-state index in [0.717, 1.165) is 51.1 Å². The molecule has 0 amide bonds. The molecule has 0 unspecified atom stereocenters. The lowest BCUT2D eigenvalue weighted by molar-refractivity contribution is 0.585. The minimum absolute atomic E-state index is 0.0256. The number of rotatable bonds is 2. The first kappa shape index (κ1) is 20.4. The number of hydrogen-bond donors (Lipinski definition) is 1. The molecule has 0 saturated heterocycles. The van der Waals surface area contributed by atoms with Gasteiger partial charge in [0.15, 0.2) is 4.80 Å². The van der Waals surface area contributed by atoms with Gasteiger partial charge in [-0.2, -0.15) is 0 Å². The van der Waals surface area contributed by atoms with Gasteiger partial charge in [-0.25, -0.2) is 4.99 Å². The Bertz CT molecular complexity index is 1840. The number of nitrogens with zero attached hydrogens (tertiary/aromatic N) is 2. The van der Waals surface area contributed by atoms with Crippen molar-refractivity contribution in [3.8, 4) is 0 Å². The Morgan fingerprint density at radius 1 is 0.971 bits per heavy atom. The first-order valence-electron chi connectivity index (χ1n) is 11.9. The Kier molecular flexibility index (Phi) is 4.54. The van der Waals surface area contributed by atoms with E-state index in [4.69, 9.17) is 4.99 Å². The molecule has 0 spiro atoms. The molecule has 1 aliphatic heterocycles. The van der Waals surface area contributed by atoms with Crippen LogP contribution in [0.1, 0.15) is 40.4 Å². The van der Waals surface area contributed by atoms with Crippen molar-refractivity contribution in [1.82, 2.24) is 9.55 Å². The maximum Gasteiger partial charge on any atom is 0.271 e. The smallest absolute Gasteiger partial charge is 0.271 e. The van der Waals surface area contributed by atoms with Gasteiger partial charge in [0.25, 0.3) is 5.56 Å². The van der Waals surface area contributed by atoms with Crippen LogP contribution < -0.4 is 14.9 Å². The minimum Gasteiger partial charge on any atom is -0.358 e. The van der Waals surface area contributed by atoms with Crippen molar-refractivity contribution in [2.24, 2.45) is 4.99 Å². The van der Waals surface area contributed by atoms with Crippen molar-refractivity contribution in [2.75, 3.05) is 0 Å². The van der Waals surface area contributed by atoms with Crippen LogP contribution in [0.25, 0.3) is 22.7 Å². The molecule has 1 N–H and O–H groups in total. The quantitative estimate of drug-likeness (QED) is 0.381. The van der Waals surface area contributed by atoms with E-state index < -0.39 is 0 Å². The average molecular weight is 474 g/mol. The highest BCUT2D eigenvalue weighted by molar-refractivity contribution is 7.07. The van der Waals surface area contributed by atoms with Gasteiger partial charge in [-0.15, -0.1) is 0 Å². The molecule has 0 saturated carbocycles. The predicted octanol–water partition coefficient (Wildman–Crippen LogP) is 5.11.